The van der Waals surface area contributed by atoms with E-state index in [0.29, 0.717) is 16.0 Å². The van der Waals surface area contributed by atoms with Crippen molar-refractivity contribution in [3.63, 3.8) is 0 Å². The van der Waals surface area contributed by atoms with E-state index in [9.17, 15) is 23.5 Å². The molecule has 1 aliphatic heterocycles. The van der Waals surface area contributed by atoms with Gasteiger partial charge in [0.25, 0.3) is 5.91 Å². The number of carbonyl (C=O) groups is 2. The van der Waals surface area contributed by atoms with Crippen molar-refractivity contribution in [3.05, 3.63) is 106 Å². The number of nitrogens with zero attached hydrogens (tertiary/aromatic N) is 1. The first-order chi connectivity index (χ1) is 17.2. The molecule has 5 rings (SSSR count). The van der Waals surface area contributed by atoms with Crippen molar-refractivity contribution in [3.8, 4) is 5.75 Å². The van der Waals surface area contributed by atoms with E-state index in [1.165, 1.54) is 19.2 Å². The van der Waals surface area contributed by atoms with Gasteiger partial charge in [0.2, 0.25) is 5.78 Å². The number of aryl methyl sites for hydroxylation is 1. The van der Waals surface area contributed by atoms with Crippen molar-refractivity contribution in [2.75, 3.05) is 12.0 Å². The number of aliphatic hydroxyl groups excluding tert-OH is 1. The van der Waals surface area contributed by atoms with Gasteiger partial charge < -0.3 is 14.3 Å². The van der Waals surface area contributed by atoms with E-state index in [1.807, 2.05) is 0 Å². The van der Waals surface area contributed by atoms with Crippen molar-refractivity contribution in [2.45, 2.75) is 13.0 Å². The normalized spacial score (nSPS) is 15.8. The number of fused-ring (bicyclic) bond motifs is 1. The Morgan fingerprint density at radius 2 is 1.89 bits per heavy atom. The standard InChI is InChI=1S/C27H18ClF2NO5/c1-13-4-3-5-14(8-13)23-22(25(33)27(34)31(23)19-12-17(29)6-7-18(19)30)24(32)20-10-15-9-16(28)11-21(35-2)26(15)36-20/h3-12,23,33H,1-2H3. The Morgan fingerprint density at radius 1 is 1.11 bits per heavy atom. The molecule has 1 amide bonds. The molecule has 2 heterocycles. The molecule has 1 aromatic heterocycles. The van der Waals surface area contributed by atoms with Crippen LogP contribution in [0.15, 0.2) is 76.4 Å². The number of amides is 1. The number of furan rings is 1. The number of aliphatic hydroxyl groups is 1. The summed E-state index contributed by atoms with van der Waals surface area (Å²) < 4.78 is 39.9. The van der Waals surface area contributed by atoms with Crippen LogP contribution in [0.5, 0.6) is 5.75 Å². The SMILES string of the molecule is COc1cc(Cl)cc2cc(C(=O)C3=C(O)C(=O)N(c4cc(F)ccc4F)C3c3cccc(C)c3)oc12. The van der Waals surface area contributed by atoms with Crippen LogP contribution in [0.25, 0.3) is 11.0 Å². The number of ketones is 1. The molecule has 0 radical (unpaired) electrons. The summed E-state index contributed by atoms with van der Waals surface area (Å²) in [7, 11) is 1.41. The number of anilines is 1. The highest BCUT2D eigenvalue weighted by Crippen LogP contribution is 2.44. The van der Waals surface area contributed by atoms with Gasteiger partial charge in [-0.2, -0.15) is 0 Å². The monoisotopic (exact) mass is 509 g/mol. The third kappa shape index (κ3) is 3.79. The van der Waals surface area contributed by atoms with Gasteiger partial charge in [0.15, 0.2) is 22.9 Å². The van der Waals surface area contributed by atoms with E-state index >= 15 is 0 Å². The average molecular weight is 510 g/mol. The van der Waals surface area contributed by atoms with Gasteiger partial charge in [-0.05, 0) is 36.8 Å². The number of halogens is 3. The average Bonchev–Trinajstić information content (AvgIpc) is 3.38. The van der Waals surface area contributed by atoms with Crippen molar-refractivity contribution in [1.29, 1.82) is 0 Å². The Kier molecular flexibility index (Phi) is 5.76. The van der Waals surface area contributed by atoms with E-state index < -0.39 is 40.8 Å². The Labute approximate surface area is 209 Å². The molecule has 182 valence electrons. The van der Waals surface area contributed by atoms with Crippen LogP contribution in [0.3, 0.4) is 0 Å². The first-order valence-corrected chi connectivity index (χ1v) is 11.2. The van der Waals surface area contributed by atoms with E-state index in [2.05, 4.69) is 0 Å². The number of hydrogen-bond donors (Lipinski definition) is 1. The largest absolute Gasteiger partial charge is 0.503 e. The van der Waals surface area contributed by atoms with Crippen LogP contribution in [-0.2, 0) is 4.79 Å². The predicted octanol–water partition coefficient (Wildman–Crippen LogP) is 6.46. The molecule has 0 aliphatic carbocycles. The molecule has 0 fully saturated rings. The number of benzene rings is 3. The maximum atomic E-state index is 14.8. The lowest BCUT2D eigenvalue weighted by Crippen LogP contribution is -2.32. The minimum Gasteiger partial charge on any atom is -0.503 e. The smallest absolute Gasteiger partial charge is 0.294 e. The fourth-order valence-electron chi connectivity index (χ4n) is 4.39. The van der Waals surface area contributed by atoms with Crippen LogP contribution in [0, 0.1) is 18.6 Å². The lowest BCUT2D eigenvalue weighted by Gasteiger charge is -2.27. The van der Waals surface area contributed by atoms with Crippen molar-refractivity contribution < 1.29 is 32.6 Å². The summed E-state index contributed by atoms with van der Waals surface area (Å²) in [5, 5.41) is 11.7. The van der Waals surface area contributed by atoms with Gasteiger partial charge in [-0.15, -0.1) is 0 Å². The molecule has 4 aromatic rings. The molecule has 0 bridgehead atoms. The van der Waals surface area contributed by atoms with Crippen molar-refractivity contribution >= 4 is 39.9 Å². The Balaban J connectivity index is 1.70. The molecule has 6 nitrogen and oxygen atoms in total. The van der Waals surface area contributed by atoms with Gasteiger partial charge in [0.05, 0.1) is 24.4 Å². The minimum absolute atomic E-state index is 0.195. The van der Waals surface area contributed by atoms with Crippen LogP contribution >= 0.6 is 11.6 Å². The van der Waals surface area contributed by atoms with E-state index in [4.69, 9.17) is 20.8 Å². The van der Waals surface area contributed by atoms with Crippen molar-refractivity contribution in [1.82, 2.24) is 0 Å². The van der Waals surface area contributed by atoms with Gasteiger partial charge in [0.1, 0.15) is 11.6 Å². The molecule has 3 aromatic carbocycles. The van der Waals surface area contributed by atoms with E-state index in [-0.39, 0.29) is 22.7 Å². The zero-order chi connectivity index (χ0) is 25.7. The van der Waals surface area contributed by atoms with Crippen LogP contribution in [0.4, 0.5) is 14.5 Å². The number of Topliss-reactive ketones (excluding diaryl/α,β-unsaturated/α-hetero) is 1. The maximum absolute atomic E-state index is 14.8. The van der Waals surface area contributed by atoms with Crippen molar-refractivity contribution in [2.24, 2.45) is 0 Å². The highest BCUT2D eigenvalue weighted by atomic mass is 35.5. The molecule has 1 aliphatic rings. The second-order valence-corrected chi connectivity index (χ2v) is 8.75. The van der Waals surface area contributed by atoms with Gasteiger partial charge in [-0.3, -0.25) is 14.5 Å². The zero-order valence-corrected chi connectivity index (χ0v) is 19.8. The Morgan fingerprint density at radius 3 is 2.61 bits per heavy atom. The Bertz CT molecular complexity index is 1590. The molecular formula is C27H18ClF2NO5. The first-order valence-electron chi connectivity index (χ1n) is 10.8. The minimum atomic E-state index is -1.25. The summed E-state index contributed by atoms with van der Waals surface area (Å²) in [6.45, 7) is 1.80. The lowest BCUT2D eigenvalue weighted by atomic mass is 9.93. The second-order valence-electron chi connectivity index (χ2n) is 8.32. The number of hydrogen-bond acceptors (Lipinski definition) is 5. The molecule has 0 spiro atoms. The quantitative estimate of drug-likeness (QED) is 0.312. The van der Waals surface area contributed by atoms with Gasteiger partial charge >= 0.3 is 0 Å². The lowest BCUT2D eigenvalue weighted by molar-refractivity contribution is -0.117. The van der Waals surface area contributed by atoms with Crippen LogP contribution in [0.1, 0.15) is 27.7 Å². The Hall–Kier alpha value is -4.17. The number of rotatable bonds is 5. The highest BCUT2D eigenvalue weighted by molar-refractivity contribution is 6.31. The fourth-order valence-corrected chi connectivity index (χ4v) is 4.61. The fraction of sp³-hybridized carbons (Fsp3) is 0.111. The summed E-state index contributed by atoms with van der Waals surface area (Å²) in [4.78, 5) is 27.8. The van der Waals surface area contributed by atoms with Gasteiger partial charge in [-0.1, -0.05) is 41.4 Å². The number of ether oxygens (including phenoxy) is 1. The van der Waals surface area contributed by atoms with Crippen LogP contribution < -0.4 is 9.64 Å². The maximum Gasteiger partial charge on any atom is 0.294 e. The number of carbonyl (C=O) groups excluding carboxylic acids is 2. The topological polar surface area (TPSA) is 80.0 Å². The summed E-state index contributed by atoms with van der Waals surface area (Å²) in [5.74, 6) is -4.34. The highest BCUT2D eigenvalue weighted by Gasteiger charge is 2.46. The molecule has 1 unspecified atom stereocenters. The first kappa shape index (κ1) is 23.6. The summed E-state index contributed by atoms with van der Waals surface area (Å²) in [5.41, 5.74) is 0.698. The molecule has 0 saturated carbocycles. The zero-order valence-electron chi connectivity index (χ0n) is 19.0. The molecule has 0 saturated heterocycles. The van der Waals surface area contributed by atoms with Crippen LogP contribution in [-0.4, -0.2) is 23.9 Å². The van der Waals surface area contributed by atoms with Crippen LogP contribution in [0.2, 0.25) is 5.02 Å². The third-order valence-corrected chi connectivity index (χ3v) is 6.19. The third-order valence-electron chi connectivity index (χ3n) is 5.97. The molecule has 36 heavy (non-hydrogen) atoms. The van der Waals surface area contributed by atoms with Gasteiger partial charge in [-0.25, -0.2) is 8.78 Å². The van der Waals surface area contributed by atoms with E-state index in [0.717, 1.165) is 28.7 Å². The predicted molar refractivity (Wildman–Crippen MR) is 130 cm³/mol. The molecule has 9 heteroatoms. The van der Waals surface area contributed by atoms with E-state index in [1.54, 1.807) is 37.3 Å². The van der Waals surface area contributed by atoms with Gasteiger partial charge in [0, 0.05) is 22.5 Å². The summed E-state index contributed by atoms with van der Waals surface area (Å²) in [6.07, 6.45) is 0. The second kappa shape index (κ2) is 8.80. The molecular weight excluding hydrogens is 492 g/mol. The molecule has 1 atom stereocenters. The summed E-state index contributed by atoms with van der Waals surface area (Å²) >= 11 is 6.12. The number of methoxy groups -OCH3 is 1. The molecule has 1 N–H and O–H groups in total. The summed E-state index contributed by atoms with van der Waals surface area (Å²) in [6, 6.07) is 12.7.